The van der Waals surface area contributed by atoms with Gasteiger partial charge in [0, 0.05) is 0 Å². The fourth-order valence-electron chi connectivity index (χ4n) is 3.60. The number of nitrogens with zero attached hydrogens (tertiary/aromatic N) is 4. The Labute approximate surface area is 207 Å². The molecule has 4 nitrogen and oxygen atoms in total. The SMILES string of the molecule is C[Si](C)(C)N(N=C1C(=NN([Si](C)(C)C)[Si](C)(C)C)C(Cl)=C(Cl)C(Cl)=C1Cl)[Si](C)(C)C. The summed E-state index contributed by atoms with van der Waals surface area (Å²) in [5.74, 6) is 0. The lowest BCUT2D eigenvalue weighted by atomic mass is 10.1. The normalized spacial score (nSPS) is 19.9. The van der Waals surface area contributed by atoms with Crippen LogP contribution in [0.1, 0.15) is 0 Å². The number of hydrazone groups is 2. The maximum atomic E-state index is 6.71. The van der Waals surface area contributed by atoms with Gasteiger partial charge in [-0.25, -0.2) is 0 Å². The third-order valence-corrected chi connectivity index (χ3v) is 19.5. The van der Waals surface area contributed by atoms with Gasteiger partial charge in [0.1, 0.15) is 11.4 Å². The molecule has 0 bridgehead atoms. The number of rotatable bonds is 6. The number of allylic oxidation sites excluding steroid dienone is 4. The highest BCUT2D eigenvalue weighted by atomic mass is 35.5. The minimum absolute atomic E-state index is 0.222. The van der Waals surface area contributed by atoms with Crippen LogP contribution in [0.15, 0.2) is 30.3 Å². The lowest BCUT2D eigenvalue weighted by Crippen LogP contribution is -2.57. The minimum atomic E-state index is -1.80. The molecule has 0 atom stereocenters. The maximum Gasteiger partial charge on any atom is 0.158 e. The summed E-state index contributed by atoms with van der Waals surface area (Å²) in [5, 5.41) is 11.2. The fraction of sp³-hybridized carbons (Fsp3) is 0.667. The van der Waals surface area contributed by atoms with Crippen molar-refractivity contribution in [1.82, 2.24) is 8.68 Å². The molecule has 0 aromatic heterocycles. The molecule has 0 heterocycles. The maximum absolute atomic E-state index is 6.71. The summed E-state index contributed by atoms with van der Waals surface area (Å²) in [6.45, 7) is 27.3. The van der Waals surface area contributed by atoms with Crippen LogP contribution in [0.3, 0.4) is 0 Å². The van der Waals surface area contributed by atoms with Crippen molar-refractivity contribution < 1.29 is 0 Å². The number of halogens is 4. The van der Waals surface area contributed by atoms with E-state index in [9.17, 15) is 0 Å². The third kappa shape index (κ3) is 6.73. The Bertz CT molecular complexity index is 714. The van der Waals surface area contributed by atoms with Crippen molar-refractivity contribution in [2.24, 2.45) is 10.2 Å². The van der Waals surface area contributed by atoms with Crippen LogP contribution in [0.4, 0.5) is 0 Å². The van der Waals surface area contributed by atoms with Crippen LogP contribution < -0.4 is 0 Å². The minimum Gasteiger partial charge on any atom is -0.349 e. The van der Waals surface area contributed by atoms with E-state index < -0.39 is 32.9 Å². The topological polar surface area (TPSA) is 31.2 Å². The second-order valence-corrected chi connectivity index (χ2v) is 32.9. The zero-order valence-electron chi connectivity index (χ0n) is 20.3. The Morgan fingerprint density at radius 3 is 0.800 bits per heavy atom. The summed E-state index contributed by atoms with van der Waals surface area (Å²) < 4.78 is 4.57. The largest absolute Gasteiger partial charge is 0.349 e. The number of hydrogen-bond donors (Lipinski definition) is 0. The molecule has 0 aromatic rings. The fourth-order valence-corrected chi connectivity index (χ4v) is 22.2. The first kappa shape index (κ1) is 28.5. The molecule has 1 aliphatic rings. The predicted octanol–water partition coefficient (Wildman–Crippen LogP) is 8.03. The first-order valence-corrected chi connectivity index (χ1v) is 25.3. The second kappa shape index (κ2) is 9.36. The highest BCUT2D eigenvalue weighted by molar-refractivity contribution is 6.90. The first-order chi connectivity index (χ1) is 13.1. The molecule has 0 radical (unpaired) electrons. The smallest absolute Gasteiger partial charge is 0.158 e. The van der Waals surface area contributed by atoms with E-state index in [0.29, 0.717) is 21.5 Å². The van der Waals surface area contributed by atoms with Crippen molar-refractivity contribution in [3.63, 3.8) is 0 Å². The second-order valence-electron chi connectivity index (χ2n) is 11.5. The van der Waals surface area contributed by atoms with Gasteiger partial charge in [-0.3, -0.25) is 0 Å². The Morgan fingerprint density at radius 1 is 0.433 bits per heavy atom. The van der Waals surface area contributed by atoms with E-state index in [-0.39, 0.29) is 10.1 Å². The van der Waals surface area contributed by atoms with Crippen molar-refractivity contribution in [3.8, 4) is 0 Å². The van der Waals surface area contributed by atoms with Crippen molar-refractivity contribution in [1.29, 1.82) is 0 Å². The van der Waals surface area contributed by atoms with Crippen LogP contribution in [-0.4, -0.2) is 53.0 Å². The average Bonchev–Trinajstić information content (AvgIpc) is 2.49. The zero-order valence-corrected chi connectivity index (χ0v) is 27.3. The van der Waals surface area contributed by atoms with Gasteiger partial charge in [-0.05, 0) is 0 Å². The Morgan fingerprint density at radius 2 is 0.633 bits per heavy atom. The van der Waals surface area contributed by atoms with Crippen LogP contribution in [-0.2, 0) is 0 Å². The molecule has 1 rings (SSSR count). The van der Waals surface area contributed by atoms with Gasteiger partial charge in [0.05, 0.1) is 20.1 Å². The molecule has 0 saturated heterocycles. The lowest BCUT2D eigenvalue weighted by Gasteiger charge is -2.43. The summed E-state index contributed by atoms with van der Waals surface area (Å²) in [6.07, 6.45) is 0. The predicted molar refractivity (Wildman–Crippen MR) is 149 cm³/mol. The van der Waals surface area contributed by atoms with E-state index >= 15 is 0 Å². The lowest BCUT2D eigenvalue weighted by molar-refractivity contribution is 0.661. The summed E-state index contributed by atoms with van der Waals surface area (Å²) >= 11 is 26.3. The summed E-state index contributed by atoms with van der Waals surface area (Å²) in [7, 11) is -7.20. The molecule has 30 heavy (non-hydrogen) atoms. The molecule has 0 fully saturated rings. The van der Waals surface area contributed by atoms with Crippen LogP contribution in [0.5, 0.6) is 0 Å². The molecule has 172 valence electrons. The molecular weight excluding hydrogens is 526 g/mol. The van der Waals surface area contributed by atoms with Crippen molar-refractivity contribution in [2.75, 3.05) is 0 Å². The molecule has 0 unspecified atom stereocenters. The zero-order chi connectivity index (χ0) is 24.0. The molecule has 1 aliphatic carbocycles. The van der Waals surface area contributed by atoms with Gasteiger partial charge in [0.2, 0.25) is 0 Å². The highest BCUT2D eigenvalue weighted by Gasteiger charge is 2.39. The van der Waals surface area contributed by atoms with Crippen molar-refractivity contribution >= 4 is 90.8 Å². The summed E-state index contributed by atoms with van der Waals surface area (Å²) in [6, 6.07) is 0. The van der Waals surface area contributed by atoms with Crippen LogP contribution in [0.25, 0.3) is 0 Å². The summed E-state index contributed by atoms with van der Waals surface area (Å²) in [4.78, 5) is 0. The Balaban J connectivity index is 3.93. The van der Waals surface area contributed by atoms with Crippen molar-refractivity contribution in [2.45, 2.75) is 78.6 Å². The van der Waals surface area contributed by atoms with E-state index in [1.54, 1.807) is 0 Å². The van der Waals surface area contributed by atoms with Crippen molar-refractivity contribution in [3.05, 3.63) is 20.1 Å². The van der Waals surface area contributed by atoms with Gasteiger partial charge < -0.3 is 8.68 Å². The molecule has 0 N–H and O–H groups in total. The molecule has 12 heteroatoms. The Hall–Kier alpha value is 0.448. The van der Waals surface area contributed by atoms with E-state index in [1.165, 1.54) is 0 Å². The summed E-state index contributed by atoms with van der Waals surface area (Å²) in [5.41, 5.74) is 1.03. The Kier molecular flexibility index (Phi) is 8.89. The van der Waals surface area contributed by atoms with Gasteiger partial charge in [-0.2, -0.15) is 10.2 Å². The van der Waals surface area contributed by atoms with Gasteiger partial charge in [-0.1, -0.05) is 125 Å². The van der Waals surface area contributed by atoms with Crippen LogP contribution >= 0.6 is 46.4 Å². The number of hydrogen-bond acceptors (Lipinski definition) is 4. The first-order valence-electron chi connectivity index (χ1n) is 10.00. The van der Waals surface area contributed by atoms with Gasteiger partial charge >= 0.3 is 0 Å². The molecular formula is C18H36Cl4N4Si4. The monoisotopic (exact) mass is 560 g/mol. The van der Waals surface area contributed by atoms with E-state index in [2.05, 4.69) is 87.2 Å². The van der Waals surface area contributed by atoms with E-state index in [4.69, 9.17) is 56.6 Å². The molecule has 0 saturated carbocycles. The highest BCUT2D eigenvalue weighted by Crippen LogP contribution is 2.38. The average molecular weight is 563 g/mol. The van der Waals surface area contributed by atoms with Gasteiger partial charge in [0.25, 0.3) is 0 Å². The molecule has 0 spiro atoms. The molecule has 0 aromatic carbocycles. The van der Waals surface area contributed by atoms with Gasteiger partial charge in [0.15, 0.2) is 32.9 Å². The third-order valence-electron chi connectivity index (χ3n) is 4.16. The van der Waals surface area contributed by atoms with Crippen LogP contribution in [0, 0.1) is 0 Å². The van der Waals surface area contributed by atoms with E-state index in [0.717, 1.165) is 0 Å². The quantitative estimate of drug-likeness (QED) is 0.186. The standard InChI is InChI=1S/C18H36Cl4N4Si4/c1-27(2,3)25(28(4,5)6)23-17-15(21)13(19)14(20)16(22)18(17)24-26(29(7,8)9)30(10,11)12/h1-12H3. The molecule has 0 amide bonds. The van der Waals surface area contributed by atoms with E-state index in [1.807, 2.05) is 0 Å². The molecule has 0 aliphatic heterocycles. The van der Waals surface area contributed by atoms with Crippen LogP contribution in [0.2, 0.25) is 78.6 Å². The van der Waals surface area contributed by atoms with Gasteiger partial charge in [-0.15, -0.1) is 0 Å².